The van der Waals surface area contributed by atoms with Crippen molar-refractivity contribution in [1.29, 1.82) is 0 Å². The van der Waals surface area contributed by atoms with Gasteiger partial charge in [0.15, 0.2) is 0 Å². The molecule has 17 heavy (non-hydrogen) atoms. The largest absolute Gasteiger partial charge is 0.297 e. The maximum Gasteiger partial charge on any atom is 0.0743 e. The summed E-state index contributed by atoms with van der Waals surface area (Å²) < 4.78 is 1.86. The van der Waals surface area contributed by atoms with Crippen LogP contribution in [0.25, 0.3) is 0 Å². The fourth-order valence-corrected chi connectivity index (χ4v) is 1.67. The van der Waals surface area contributed by atoms with E-state index in [2.05, 4.69) is 43.3 Å². The molecule has 0 saturated carbocycles. The van der Waals surface area contributed by atoms with Crippen molar-refractivity contribution in [3.63, 3.8) is 0 Å². The molecule has 0 aromatic carbocycles. The van der Waals surface area contributed by atoms with Crippen LogP contribution in [0.15, 0.2) is 6.20 Å². The monoisotopic (exact) mass is 233 g/mol. The molecule has 0 aliphatic carbocycles. The van der Waals surface area contributed by atoms with Crippen LogP contribution in [0, 0.1) is 12.3 Å². The number of hydrogen-bond acceptors (Lipinski definition) is 2. The molecule has 0 unspecified atom stereocenters. The average molecular weight is 233 g/mol. The van der Waals surface area contributed by atoms with Gasteiger partial charge in [0.1, 0.15) is 0 Å². The van der Waals surface area contributed by atoms with E-state index < -0.39 is 0 Å². The van der Waals surface area contributed by atoms with Crippen LogP contribution in [0.3, 0.4) is 0 Å². The first kappa shape index (κ1) is 13.8. The number of nitrogens with zero attached hydrogens (tertiary/aromatic N) is 2. The zero-order chi connectivity index (χ0) is 13.3. The highest BCUT2D eigenvalue weighted by Gasteiger charge is 2.23. The maximum atomic E-state index is 5.47. The van der Waals surface area contributed by atoms with Gasteiger partial charge in [-0.15, -0.1) is 6.42 Å². The Labute approximate surface area is 105 Å². The van der Waals surface area contributed by atoms with Crippen molar-refractivity contribution in [3.05, 3.63) is 17.5 Å². The number of hydrogen-bond donors (Lipinski definition) is 1. The summed E-state index contributed by atoms with van der Waals surface area (Å²) in [5.74, 6) is 2.74. The van der Waals surface area contributed by atoms with Gasteiger partial charge in [-0.05, 0) is 13.8 Å². The van der Waals surface area contributed by atoms with E-state index in [0.717, 1.165) is 12.2 Å². The maximum absolute atomic E-state index is 5.47. The topological polar surface area (TPSA) is 29.9 Å². The third-order valence-electron chi connectivity index (χ3n) is 2.70. The van der Waals surface area contributed by atoms with Crippen LogP contribution in [0.1, 0.15) is 45.9 Å². The van der Waals surface area contributed by atoms with E-state index in [9.17, 15) is 0 Å². The van der Waals surface area contributed by atoms with Crippen molar-refractivity contribution in [2.45, 2.75) is 52.1 Å². The molecule has 94 valence electrons. The Morgan fingerprint density at radius 3 is 2.41 bits per heavy atom. The molecule has 0 amide bonds. The molecule has 1 N–H and O–H groups in total. The van der Waals surface area contributed by atoms with Gasteiger partial charge in [0.05, 0.1) is 11.2 Å². The zero-order valence-electron chi connectivity index (χ0n) is 11.8. The van der Waals surface area contributed by atoms with Crippen molar-refractivity contribution >= 4 is 0 Å². The lowest BCUT2D eigenvalue weighted by Gasteiger charge is -2.22. The van der Waals surface area contributed by atoms with Crippen molar-refractivity contribution in [1.82, 2.24) is 15.1 Å². The molecule has 1 aromatic rings. The first-order valence-electron chi connectivity index (χ1n) is 5.91. The minimum Gasteiger partial charge on any atom is -0.297 e. The number of rotatable bonds is 3. The van der Waals surface area contributed by atoms with Crippen molar-refractivity contribution in [3.8, 4) is 12.3 Å². The molecular formula is C14H23N3. The molecule has 0 spiro atoms. The van der Waals surface area contributed by atoms with Gasteiger partial charge in [0, 0.05) is 30.8 Å². The van der Waals surface area contributed by atoms with E-state index in [1.165, 1.54) is 5.56 Å². The molecule has 0 aliphatic rings. The molecule has 0 saturated heterocycles. The van der Waals surface area contributed by atoms with E-state index in [1.54, 1.807) is 0 Å². The molecule has 0 atom stereocenters. The molecule has 3 nitrogen and oxygen atoms in total. The number of aromatic nitrogens is 2. The Balaban J connectivity index is 2.90. The minimum absolute atomic E-state index is 0.0541. The molecule has 0 aliphatic heterocycles. The summed E-state index contributed by atoms with van der Waals surface area (Å²) >= 11 is 0. The van der Waals surface area contributed by atoms with Crippen LogP contribution in [-0.4, -0.2) is 15.3 Å². The second-order valence-corrected chi connectivity index (χ2v) is 6.05. The predicted molar refractivity (Wildman–Crippen MR) is 71.7 cm³/mol. The number of terminal acetylenes is 1. The smallest absolute Gasteiger partial charge is 0.0743 e. The number of nitrogens with one attached hydrogen (secondary N) is 1. The summed E-state index contributed by atoms with van der Waals surface area (Å²) in [6.45, 7) is 11.3. The third-order valence-corrected chi connectivity index (χ3v) is 2.70. The van der Waals surface area contributed by atoms with Gasteiger partial charge < -0.3 is 0 Å². The lowest BCUT2D eigenvalue weighted by Crippen LogP contribution is -2.37. The quantitative estimate of drug-likeness (QED) is 0.811. The van der Waals surface area contributed by atoms with Crippen LogP contribution in [0.4, 0.5) is 0 Å². The normalized spacial score (nSPS) is 12.5. The fourth-order valence-electron chi connectivity index (χ4n) is 1.67. The first-order valence-corrected chi connectivity index (χ1v) is 5.91. The van der Waals surface area contributed by atoms with Gasteiger partial charge >= 0.3 is 0 Å². The summed E-state index contributed by atoms with van der Waals surface area (Å²) in [5, 5.41) is 7.89. The lowest BCUT2D eigenvalue weighted by molar-refractivity contribution is 0.481. The molecule has 0 radical (unpaired) electrons. The molecule has 3 heteroatoms. The predicted octanol–water partition coefficient (Wildman–Crippen LogP) is 2.22. The van der Waals surface area contributed by atoms with Gasteiger partial charge in [0.25, 0.3) is 0 Å². The SMILES string of the molecule is C#CC(C)(C)NCc1cn(C)nc1C(C)(C)C. The molecule has 1 rings (SSSR count). The average Bonchev–Trinajstić information content (AvgIpc) is 2.57. The van der Waals surface area contributed by atoms with Gasteiger partial charge in [-0.2, -0.15) is 5.10 Å². The van der Waals surface area contributed by atoms with Crippen molar-refractivity contribution < 1.29 is 0 Å². The van der Waals surface area contributed by atoms with Gasteiger partial charge in [-0.25, -0.2) is 0 Å². The van der Waals surface area contributed by atoms with Gasteiger partial charge in [-0.3, -0.25) is 10.00 Å². The van der Waals surface area contributed by atoms with Crippen molar-refractivity contribution in [2.24, 2.45) is 7.05 Å². The van der Waals surface area contributed by atoms with E-state index in [0.29, 0.717) is 0 Å². The van der Waals surface area contributed by atoms with E-state index in [1.807, 2.05) is 25.6 Å². The zero-order valence-corrected chi connectivity index (χ0v) is 11.8. The van der Waals surface area contributed by atoms with Crippen LogP contribution >= 0.6 is 0 Å². The Kier molecular flexibility index (Phi) is 3.68. The van der Waals surface area contributed by atoms with E-state index >= 15 is 0 Å². The summed E-state index contributed by atoms with van der Waals surface area (Å²) in [6.07, 6.45) is 7.52. The van der Waals surface area contributed by atoms with Crippen LogP contribution < -0.4 is 5.32 Å². The highest BCUT2D eigenvalue weighted by Crippen LogP contribution is 2.24. The number of aryl methyl sites for hydroxylation is 1. The standard InChI is InChI=1S/C14H23N3/c1-8-14(5,6)15-9-11-10-17(7)16-12(11)13(2,3)4/h1,10,15H,9H2,2-7H3. The van der Waals surface area contributed by atoms with Crippen LogP contribution in [0.5, 0.6) is 0 Å². The lowest BCUT2D eigenvalue weighted by atomic mass is 9.89. The van der Waals surface area contributed by atoms with E-state index in [4.69, 9.17) is 6.42 Å². The van der Waals surface area contributed by atoms with E-state index in [-0.39, 0.29) is 11.0 Å². The Hall–Kier alpha value is -1.27. The first-order chi connectivity index (χ1) is 7.65. The van der Waals surface area contributed by atoms with Crippen LogP contribution in [-0.2, 0) is 19.0 Å². The summed E-state index contributed by atoms with van der Waals surface area (Å²) in [5.41, 5.74) is 2.10. The summed E-state index contributed by atoms with van der Waals surface area (Å²) in [6, 6.07) is 0. The second kappa shape index (κ2) is 4.54. The Morgan fingerprint density at radius 2 is 1.94 bits per heavy atom. The summed E-state index contributed by atoms with van der Waals surface area (Å²) in [4.78, 5) is 0. The highest BCUT2D eigenvalue weighted by molar-refractivity contribution is 5.24. The minimum atomic E-state index is -0.287. The Morgan fingerprint density at radius 1 is 1.35 bits per heavy atom. The molecule has 0 fully saturated rings. The molecular weight excluding hydrogens is 210 g/mol. The fraction of sp³-hybridized carbons (Fsp3) is 0.643. The second-order valence-electron chi connectivity index (χ2n) is 6.05. The molecule has 1 heterocycles. The van der Waals surface area contributed by atoms with Gasteiger partial charge in [0.2, 0.25) is 0 Å². The van der Waals surface area contributed by atoms with Gasteiger partial charge in [-0.1, -0.05) is 26.7 Å². The third kappa shape index (κ3) is 3.61. The van der Waals surface area contributed by atoms with Crippen molar-refractivity contribution in [2.75, 3.05) is 0 Å². The molecule has 1 aromatic heterocycles. The Bertz CT molecular complexity index is 427. The molecule has 0 bridgehead atoms. The summed E-state index contributed by atoms with van der Waals surface area (Å²) in [7, 11) is 1.95. The highest BCUT2D eigenvalue weighted by atomic mass is 15.3. The van der Waals surface area contributed by atoms with Crippen LogP contribution in [0.2, 0.25) is 0 Å².